The molecule has 2 N–H and O–H groups in total. The van der Waals surface area contributed by atoms with Crippen LogP contribution in [0.25, 0.3) is 0 Å². The summed E-state index contributed by atoms with van der Waals surface area (Å²) in [5, 5.41) is 7.23. The summed E-state index contributed by atoms with van der Waals surface area (Å²) in [5.74, 6) is 0.793. The minimum absolute atomic E-state index is 0.519. The van der Waals surface area contributed by atoms with Crippen LogP contribution in [0.4, 0.5) is 0 Å². The number of hydrogen-bond donors (Lipinski definition) is 2. The van der Waals surface area contributed by atoms with Crippen molar-refractivity contribution in [2.45, 2.75) is 19.5 Å². The van der Waals surface area contributed by atoms with Gasteiger partial charge in [-0.2, -0.15) is 0 Å². The van der Waals surface area contributed by atoms with Crippen LogP contribution < -0.4 is 10.6 Å². The Bertz CT molecular complexity index is 682. The van der Waals surface area contributed by atoms with Crippen molar-refractivity contribution in [3.63, 3.8) is 0 Å². The van der Waals surface area contributed by atoms with Crippen LogP contribution >= 0.6 is 11.6 Å². The minimum Gasteiger partial charge on any atom is -0.356 e. The molecule has 0 unspecified atom stereocenters. The number of nitrogens with one attached hydrogen (secondary N) is 2. The van der Waals surface area contributed by atoms with Crippen molar-refractivity contribution in [3.05, 3.63) is 64.4 Å². The van der Waals surface area contributed by atoms with Crippen LogP contribution in [-0.2, 0) is 19.5 Å². The van der Waals surface area contributed by atoms with Gasteiger partial charge in [-0.1, -0.05) is 41.9 Å². The molecule has 0 aliphatic heterocycles. The molecule has 0 bridgehead atoms. The maximum atomic E-state index is 5.80. The zero-order valence-corrected chi connectivity index (χ0v) is 15.8. The quantitative estimate of drug-likeness (QED) is 0.453. The molecule has 0 saturated heterocycles. The molecule has 25 heavy (non-hydrogen) atoms. The molecule has 5 nitrogen and oxygen atoms in total. The monoisotopic (exact) mass is 359 g/mol. The van der Waals surface area contributed by atoms with Gasteiger partial charge >= 0.3 is 0 Å². The van der Waals surface area contributed by atoms with Crippen molar-refractivity contribution in [1.82, 2.24) is 20.5 Å². The van der Waals surface area contributed by atoms with Crippen molar-refractivity contribution >= 4 is 17.6 Å². The molecule has 0 spiro atoms. The van der Waals surface area contributed by atoms with E-state index in [4.69, 9.17) is 11.6 Å². The molecular formula is C19H26ClN5. The average Bonchev–Trinajstić information content (AvgIpc) is 2.60. The van der Waals surface area contributed by atoms with E-state index in [9.17, 15) is 0 Å². The van der Waals surface area contributed by atoms with E-state index in [1.165, 1.54) is 11.1 Å². The first-order valence-corrected chi connectivity index (χ1v) is 8.72. The van der Waals surface area contributed by atoms with E-state index in [2.05, 4.69) is 63.9 Å². The van der Waals surface area contributed by atoms with E-state index in [0.717, 1.165) is 37.6 Å². The number of aromatic nitrogens is 1. The number of nitrogens with zero attached hydrogens (tertiary/aromatic N) is 3. The fourth-order valence-electron chi connectivity index (χ4n) is 2.50. The number of rotatable bonds is 7. The van der Waals surface area contributed by atoms with E-state index in [1.54, 1.807) is 13.2 Å². The third-order valence-electron chi connectivity index (χ3n) is 3.77. The Labute approximate surface area is 155 Å². The summed E-state index contributed by atoms with van der Waals surface area (Å²) >= 11 is 5.80. The minimum atomic E-state index is 0.519. The van der Waals surface area contributed by atoms with Gasteiger partial charge in [-0.15, -0.1) is 0 Å². The highest BCUT2D eigenvalue weighted by atomic mass is 35.5. The second kappa shape index (κ2) is 10.0. The molecule has 0 aliphatic carbocycles. The summed E-state index contributed by atoms with van der Waals surface area (Å²) < 4.78 is 0. The largest absolute Gasteiger partial charge is 0.356 e. The summed E-state index contributed by atoms with van der Waals surface area (Å²) in [6.07, 6.45) is 2.67. The highest BCUT2D eigenvalue weighted by molar-refractivity contribution is 6.29. The standard InChI is InChI=1S/C19H26ClN5/c1-21-19(22-11-10-15-8-9-18(20)23-12-15)24-13-16-6-4-5-7-17(16)14-25(2)3/h4-9,12H,10-11,13-14H2,1-3H3,(H2,21,22,24). The van der Waals surface area contributed by atoms with E-state index in [-0.39, 0.29) is 0 Å². The molecule has 0 atom stereocenters. The van der Waals surface area contributed by atoms with Gasteiger partial charge in [0.25, 0.3) is 0 Å². The van der Waals surface area contributed by atoms with Gasteiger partial charge in [0.2, 0.25) is 0 Å². The van der Waals surface area contributed by atoms with Crippen molar-refractivity contribution in [3.8, 4) is 0 Å². The highest BCUT2D eigenvalue weighted by Gasteiger charge is 2.04. The van der Waals surface area contributed by atoms with E-state index in [0.29, 0.717) is 5.15 Å². The van der Waals surface area contributed by atoms with Gasteiger partial charge in [-0.3, -0.25) is 4.99 Å². The predicted molar refractivity (Wildman–Crippen MR) is 105 cm³/mol. The maximum Gasteiger partial charge on any atom is 0.191 e. The van der Waals surface area contributed by atoms with Gasteiger partial charge in [0, 0.05) is 32.9 Å². The van der Waals surface area contributed by atoms with Gasteiger partial charge < -0.3 is 15.5 Å². The molecule has 2 rings (SSSR count). The van der Waals surface area contributed by atoms with Crippen molar-refractivity contribution in [1.29, 1.82) is 0 Å². The van der Waals surface area contributed by atoms with Gasteiger partial charge in [-0.25, -0.2) is 4.98 Å². The Balaban J connectivity index is 1.83. The second-order valence-corrected chi connectivity index (χ2v) is 6.49. The molecule has 0 amide bonds. The highest BCUT2D eigenvalue weighted by Crippen LogP contribution is 2.10. The van der Waals surface area contributed by atoms with Crippen LogP contribution in [0.1, 0.15) is 16.7 Å². The van der Waals surface area contributed by atoms with Crippen LogP contribution in [-0.4, -0.2) is 43.5 Å². The van der Waals surface area contributed by atoms with E-state index >= 15 is 0 Å². The fourth-order valence-corrected chi connectivity index (χ4v) is 2.62. The van der Waals surface area contributed by atoms with Crippen LogP contribution in [0, 0.1) is 0 Å². The third-order valence-corrected chi connectivity index (χ3v) is 3.99. The second-order valence-electron chi connectivity index (χ2n) is 6.10. The summed E-state index contributed by atoms with van der Waals surface area (Å²) in [4.78, 5) is 10.6. The van der Waals surface area contributed by atoms with Gasteiger partial charge in [-0.05, 0) is 43.3 Å². The first-order chi connectivity index (χ1) is 12.1. The van der Waals surface area contributed by atoms with Crippen molar-refractivity contribution in [2.24, 2.45) is 4.99 Å². The molecule has 0 saturated carbocycles. The number of pyridine rings is 1. The molecular weight excluding hydrogens is 334 g/mol. The fraction of sp³-hybridized carbons (Fsp3) is 0.368. The number of halogens is 1. The number of hydrogen-bond acceptors (Lipinski definition) is 3. The number of benzene rings is 1. The Morgan fingerprint density at radius 1 is 1.12 bits per heavy atom. The molecule has 6 heteroatoms. The summed E-state index contributed by atoms with van der Waals surface area (Å²) in [6.45, 7) is 2.45. The molecule has 0 radical (unpaired) electrons. The topological polar surface area (TPSA) is 52.6 Å². The molecule has 0 fully saturated rings. The van der Waals surface area contributed by atoms with E-state index < -0.39 is 0 Å². The van der Waals surface area contributed by atoms with Crippen molar-refractivity contribution in [2.75, 3.05) is 27.7 Å². The van der Waals surface area contributed by atoms with Crippen LogP contribution in [0.2, 0.25) is 5.15 Å². The molecule has 1 heterocycles. The predicted octanol–water partition coefficient (Wildman–Crippen LogP) is 2.70. The molecule has 1 aromatic heterocycles. The van der Waals surface area contributed by atoms with E-state index in [1.807, 2.05) is 12.1 Å². The average molecular weight is 360 g/mol. The molecule has 1 aromatic carbocycles. The normalized spacial score (nSPS) is 11.6. The van der Waals surface area contributed by atoms with Gasteiger partial charge in [0.05, 0.1) is 0 Å². The number of aliphatic imine (C=N–C) groups is 1. The van der Waals surface area contributed by atoms with Gasteiger partial charge in [0.1, 0.15) is 5.15 Å². The lowest BCUT2D eigenvalue weighted by molar-refractivity contribution is 0.400. The SMILES string of the molecule is CN=C(NCCc1ccc(Cl)nc1)NCc1ccccc1CN(C)C. The number of guanidine groups is 1. The first kappa shape index (κ1) is 19.2. The van der Waals surface area contributed by atoms with Crippen LogP contribution in [0.3, 0.4) is 0 Å². The molecule has 0 aliphatic rings. The van der Waals surface area contributed by atoms with Gasteiger partial charge in [0.15, 0.2) is 5.96 Å². The Hall–Kier alpha value is -2.11. The maximum absolute atomic E-state index is 5.80. The van der Waals surface area contributed by atoms with Crippen LogP contribution in [0.15, 0.2) is 47.6 Å². The summed E-state index contributed by atoms with van der Waals surface area (Å²) in [5.41, 5.74) is 3.74. The lowest BCUT2D eigenvalue weighted by atomic mass is 10.1. The van der Waals surface area contributed by atoms with Crippen LogP contribution in [0.5, 0.6) is 0 Å². The summed E-state index contributed by atoms with van der Waals surface area (Å²) in [7, 11) is 5.94. The molecule has 134 valence electrons. The Morgan fingerprint density at radius 2 is 1.88 bits per heavy atom. The zero-order valence-electron chi connectivity index (χ0n) is 15.1. The lowest BCUT2D eigenvalue weighted by Crippen LogP contribution is -2.38. The zero-order chi connectivity index (χ0) is 18.1. The summed E-state index contributed by atoms with van der Waals surface area (Å²) in [6, 6.07) is 12.3. The molecule has 2 aromatic rings. The third kappa shape index (κ3) is 6.72. The lowest BCUT2D eigenvalue weighted by Gasteiger charge is -2.16. The first-order valence-electron chi connectivity index (χ1n) is 8.35. The Morgan fingerprint density at radius 3 is 2.52 bits per heavy atom. The smallest absolute Gasteiger partial charge is 0.191 e. The Kier molecular flexibility index (Phi) is 7.70. The van der Waals surface area contributed by atoms with Crippen molar-refractivity contribution < 1.29 is 0 Å².